The Hall–Kier alpha value is -2.70. The zero-order valence-corrected chi connectivity index (χ0v) is 21.5. The molecule has 1 aliphatic carbocycles. The van der Waals surface area contributed by atoms with Crippen LogP contribution >= 0.6 is 11.6 Å². The first-order chi connectivity index (χ1) is 18.5. The van der Waals surface area contributed by atoms with Crippen LogP contribution in [0.4, 0.5) is 16.2 Å². The molecule has 3 aliphatic heterocycles. The van der Waals surface area contributed by atoms with E-state index in [1.807, 2.05) is 6.07 Å². The topological polar surface area (TPSA) is 126 Å². The number of hydrogen-bond donors (Lipinski definition) is 5. The van der Waals surface area contributed by atoms with Gasteiger partial charge in [-0.25, -0.2) is 9.37 Å². The molecule has 3 fully saturated rings. The lowest BCUT2D eigenvalue weighted by atomic mass is 10.0. The van der Waals surface area contributed by atoms with E-state index in [1.54, 1.807) is 6.07 Å². The number of aryl methyl sites for hydroxylation is 1. The summed E-state index contributed by atoms with van der Waals surface area (Å²) in [6.45, 7) is 2.52. The fourth-order valence-electron chi connectivity index (χ4n) is 6.13. The number of H-pyrrole nitrogens is 1. The molecule has 10 nitrogen and oxygen atoms in total. The first kappa shape index (κ1) is 24.3. The highest BCUT2D eigenvalue weighted by molar-refractivity contribution is 6.33. The molecular weight excluding hydrogens is 515 g/mol. The molecule has 2 aromatic heterocycles. The zero-order valence-electron chi connectivity index (χ0n) is 20.7. The second-order valence-electron chi connectivity index (χ2n) is 10.5. The summed E-state index contributed by atoms with van der Waals surface area (Å²) in [7, 11) is 0. The predicted octanol–water partition coefficient (Wildman–Crippen LogP) is 3.27. The number of fused-ring (bicyclic) bond motifs is 3. The molecule has 0 bridgehead atoms. The molecule has 38 heavy (non-hydrogen) atoms. The highest BCUT2D eigenvalue weighted by Crippen LogP contribution is 2.40. The fourth-order valence-corrected chi connectivity index (χ4v) is 6.34. The minimum Gasteiger partial charge on any atom is -0.490 e. The molecule has 1 aromatic carbocycles. The number of aromatic amines is 1. The lowest BCUT2D eigenvalue weighted by Crippen LogP contribution is -2.46. The minimum atomic E-state index is -0.834. The van der Waals surface area contributed by atoms with Gasteiger partial charge in [-0.1, -0.05) is 11.6 Å². The molecule has 4 aliphatic rings. The van der Waals surface area contributed by atoms with Crippen LogP contribution in [0.1, 0.15) is 42.9 Å². The van der Waals surface area contributed by atoms with E-state index < -0.39 is 17.9 Å². The average Bonchev–Trinajstić information content (AvgIpc) is 3.65. The molecule has 0 spiro atoms. The SMILES string of the molecule is OC1CO[C@]2(Nc3nc4nc(NC5CCc6cc(OC7CCNCC7)cc(F)c65)c(Cl)cc4[nH]3)CCO[C@H]12. The summed E-state index contributed by atoms with van der Waals surface area (Å²) in [5.74, 6) is 1.20. The normalized spacial score (nSPS) is 29.0. The van der Waals surface area contributed by atoms with Crippen LogP contribution in [0.3, 0.4) is 0 Å². The van der Waals surface area contributed by atoms with Crippen molar-refractivity contribution >= 4 is 34.5 Å². The smallest absolute Gasteiger partial charge is 0.205 e. The van der Waals surface area contributed by atoms with Crippen LogP contribution in [0, 0.1) is 5.82 Å². The van der Waals surface area contributed by atoms with Gasteiger partial charge < -0.3 is 40.3 Å². The number of benzene rings is 1. The summed E-state index contributed by atoms with van der Waals surface area (Å²) < 4.78 is 32.9. The maximum absolute atomic E-state index is 15.3. The second kappa shape index (κ2) is 9.49. The third kappa shape index (κ3) is 4.26. The number of nitrogens with one attached hydrogen (secondary N) is 4. The first-order valence-corrected chi connectivity index (χ1v) is 13.6. The number of anilines is 2. The molecule has 0 saturated carbocycles. The van der Waals surface area contributed by atoms with Crippen molar-refractivity contribution in [3.63, 3.8) is 0 Å². The van der Waals surface area contributed by atoms with Crippen LogP contribution in [0.15, 0.2) is 18.2 Å². The number of aliphatic hydroxyl groups is 1. The largest absolute Gasteiger partial charge is 0.490 e. The molecule has 12 heteroatoms. The van der Waals surface area contributed by atoms with Crippen LogP contribution in [0.5, 0.6) is 5.75 Å². The summed E-state index contributed by atoms with van der Waals surface area (Å²) in [5.41, 5.74) is 1.84. The summed E-state index contributed by atoms with van der Waals surface area (Å²) in [6.07, 6.45) is 2.84. The van der Waals surface area contributed by atoms with Gasteiger partial charge in [-0.3, -0.25) is 0 Å². The highest BCUT2D eigenvalue weighted by Gasteiger charge is 2.54. The molecule has 5 heterocycles. The number of rotatable bonds is 6. The van der Waals surface area contributed by atoms with Crippen LogP contribution in [0.25, 0.3) is 11.2 Å². The third-order valence-corrected chi connectivity index (χ3v) is 8.28. The van der Waals surface area contributed by atoms with Crippen molar-refractivity contribution in [2.75, 3.05) is 36.9 Å². The van der Waals surface area contributed by atoms with Gasteiger partial charge in [0.1, 0.15) is 35.7 Å². The number of nitrogens with zero attached hydrogens (tertiary/aromatic N) is 2. The van der Waals surface area contributed by atoms with Crippen molar-refractivity contribution in [2.45, 2.75) is 62.2 Å². The summed E-state index contributed by atoms with van der Waals surface area (Å²) in [6, 6.07) is 4.94. The fraction of sp³-hybridized carbons (Fsp3) is 0.538. The number of piperidine rings is 1. The molecule has 7 rings (SSSR count). The van der Waals surface area contributed by atoms with Crippen LogP contribution in [-0.4, -0.2) is 70.4 Å². The number of imidazole rings is 1. The number of halogens is 2. The van der Waals surface area contributed by atoms with Crippen LogP contribution in [-0.2, 0) is 15.9 Å². The van der Waals surface area contributed by atoms with Gasteiger partial charge in [-0.2, -0.15) is 4.98 Å². The van der Waals surface area contributed by atoms with Gasteiger partial charge in [-0.05, 0) is 56.5 Å². The van der Waals surface area contributed by atoms with E-state index in [0.29, 0.717) is 52.3 Å². The Balaban J connectivity index is 1.10. The molecule has 3 aromatic rings. The quantitative estimate of drug-likeness (QED) is 0.318. The van der Waals surface area contributed by atoms with Crippen molar-refractivity contribution in [2.24, 2.45) is 0 Å². The van der Waals surface area contributed by atoms with E-state index in [4.69, 9.17) is 25.8 Å². The Morgan fingerprint density at radius 1 is 1.18 bits per heavy atom. The van der Waals surface area contributed by atoms with Gasteiger partial charge in [-0.15, -0.1) is 0 Å². The number of ether oxygens (including phenoxy) is 3. The van der Waals surface area contributed by atoms with Crippen molar-refractivity contribution in [3.8, 4) is 5.75 Å². The molecule has 5 N–H and O–H groups in total. The minimum absolute atomic E-state index is 0.115. The Morgan fingerprint density at radius 2 is 2.05 bits per heavy atom. The first-order valence-electron chi connectivity index (χ1n) is 13.2. The van der Waals surface area contributed by atoms with Gasteiger partial charge in [0.15, 0.2) is 11.4 Å². The lowest BCUT2D eigenvalue weighted by Gasteiger charge is -2.27. The highest BCUT2D eigenvalue weighted by atomic mass is 35.5. The maximum Gasteiger partial charge on any atom is 0.205 e. The van der Waals surface area contributed by atoms with E-state index in [9.17, 15) is 5.11 Å². The van der Waals surface area contributed by atoms with Crippen LogP contribution in [0.2, 0.25) is 5.02 Å². The number of aliphatic hydroxyl groups excluding tert-OH is 1. The number of pyridine rings is 1. The van der Waals surface area contributed by atoms with Gasteiger partial charge >= 0.3 is 0 Å². The zero-order chi connectivity index (χ0) is 25.9. The van der Waals surface area contributed by atoms with Gasteiger partial charge in [0.2, 0.25) is 5.95 Å². The standard InChI is InChI=1S/C26H30ClFN6O4/c27-16-11-19-24(33-25(31-19)34-26-5-8-36-22(26)20(35)12-37-26)32-23(16)30-18-2-1-13-9-15(10-17(28)21(13)18)38-14-3-6-29-7-4-14/h9-11,14,18,20,22,29,35H,1-8,12H2,(H3,30,31,32,33,34)/t18?,20?,22-,26-/m1/s1. The van der Waals surface area contributed by atoms with Crippen molar-refractivity contribution in [3.05, 3.63) is 40.2 Å². The molecule has 202 valence electrons. The van der Waals surface area contributed by atoms with Gasteiger partial charge in [0.25, 0.3) is 0 Å². The van der Waals surface area contributed by atoms with Gasteiger partial charge in [0, 0.05) is 18.1 Å². The van der Waals surface area contributed by atoms with Crippen molar-refractivity contribution in [1.29, 1.82) is 0 Å². The van der Waals surface area contributed by atoms with E-state index in [2.05, 4.69) is 30.9 Å². The van der Waals surface area contributed by atoms with E-state index in [1.165, 1.54) is 6.07 Å². The van der Waals surface area contributed by atoms with E-state index >= 15 is 4.39 Å². The predicted molar refractivity (Wildman–Crippen MR) is 139 cm³/mol. The third-order valence-electron chi connectivity index (χ3n) is 7.99. The Morgan fingerprint density at radius 3 is 2.92 bits per heavy atom. The molecular formula is C26H30ClFN6O4. The summed E-state index contributed by atoms with van der Waals surface area (Å²) >= 11 is 6.58. The Kier molecular flexibility index (Phi) is 6.08. The molecule has 4 atom stereocenters. The van der Waals surface area contributed by atoms with Crippen molar-refractivity contribution < 1.29 is 23.7 Å². The molecule has 0 radical (unpaired) electrons. The maximum atomic E-state index is 15.3. The summed E-state index contributed by atoms with van der Waals surface area (Å²) in [5, 5.41) is 20.5. The van der Waals surface area contributed by atoms with E-state index in [-0.39, 0.29) is 24.6 Å². The average molecular weight is 545 g/mol. The van der Waals surface area contributed by atoms with Gasteiger partial charge in [0.05, 0.1) is 29.8 Å². The molecule has 0 amide bonds. The lowest BCUT2D eigenvalue weighted by molar-refractivity contribution is -0.00909. The Bertz CT molecular complexity index is 1370. The number of aromatic nitrogens is 3. The number of hydrogen-bond acceptors (Lipinski definition) is 9. The van der Waals surface area contributed by atoms with Crippen molar-refractivity contribution in [1.82, 2.24) is 20.3 Å². The van der Waals surface area contributed by atoms with Crippen LogP contribution < -0.4 is 20.7 Å². The second-order valence-corrected chi connectivity index (χ2v) is 10.9. The molecule has 2 unspecified atom stereocenters. The molecule has 3 saturated heterocycles. The Labute approximate surface area is 223 Å². The monoisotopic (exact) mass is 544 g/mol. The summed E-state index contributed by atoms with van der Waals surface area (Å²) in [4.78, 5) is 12.4. The van der Waals surface area contributed by atoms with E-state index in [0.717, 1.165) is 44.3 Å².